The second-order valence-electron chi connectivity index (χ2n) is 3.88. The molecule has 0 amide bonds. The lowest BCUT2D eigenvalue weighted by molar-refractivity contribution is -0.102. The Hall–Kier alpha value is -1.96. The Morgan fingerprint density at radius 1 is 0.625 bits per heavy atom. The largest absolute Gasteiger partial charge is 0.290 e. The fraction of sp³-hybridized carbons (Fsp3) is 0.143. The number of para-hydroxylation sites is 2. The van der Waals surface area contributed by atoms with Gasteiger partial charge in [0.2, 0.25) is 0 Å². The van der Waals surface area contributed by atoms with Crippen LogP contribution in [0, 0.1) is 0 Å². The minimum Gasteiger partial charge on any atom is -0.290 e. The van der Waals surface area contributed by atoms with Crippen molar-refractivity contribution in [1.82, 2.24) is 0 Å². The van der Waals surface area contributed by atoms with Crippen molar-refractivity contribution < 1.29 is 9.78 Å². The molecule has 0 N–H and O–H groups in total. The molecule has 16 heavy (non-hydrogen) atoms. The molecular weight excluding hydrogens is 200 g/mol. The molecule has 0 aromatic heterocycles. The number of rotatable bonds is 0. The second kappa shape index (κ2) is 3.89. The summed E-state index contributed by atoms with van der Waals surface area (Å²) < 4.78 is 0. The third kappa shape index (κ3) is 1.63. The lowest BCUT2D eigenvalue weighted by atomic mass is 10.0. The van der Waals surface area contributed by atoms with Crippen LogP contribution in [0.25, 0.3) is 0 Å². The average molecular weight is 212 g/mol. The lowest BCUT2D eigenvalue weighted by Crippen LogP contribution is -2.09. The van der Waals surface area contributed by atoms with Gasteiger partial charge in [-0.15, -0.1) is 0 Å². The smallest absolute Gasteiger partial charge is 0.181 e. The van der Waals surface area contributed by atoms with Crippen LogP contribution in [0.3, 0.4) is 0 Å². The zero-order valence-electron chi connectivity index (χ0n) is 8.85. The van der Waals surface area contributed by atoms with Crippen molar-refractivity contribution >= 4 is 0 Å². The molecule has 0 saturated carbocycles. The quantitative estimate of drug-likeness (QED) is 0.624. The molecule has 0 saturated heterocycles. The Morgan fingerprint density at radius 2 is 1.06 bits per heavy atom. The SMILES string of the molecule is c1ccc2c(c1)CCc1ccccc1OO2. The normalized spacial score (nSPS) is 13.5. The second-order valence-corrected chi connectivity index (χ2v) is 3.88. The van der Waals surface area contributed by atoms with E-state index < -0.39 is 0 Å². The minimum atomic E-state index is 0.817. The fourth-order valence-electron chi connectivity index (χ4n) is 1.94. The Morgan fingerprint density at radius 3 is 1.56 bits per heavy atom. The van der Waals surface area contributed by atoms with Gasteiger partial charge in [0.25, 0.3) is 0 Å². The van der Waals surface area contributed by atoms with Crippen LogP contribution in [0.2, 0.25) is 0 Å². The van der Waals surface area contributed by atoms with E-state index in [1.165, 1.54) is 11.1 Å². The molecule has 2 nitrogen and oxygen atoms in total. The molecule has 0 fully saturated rings. The highest BCUT2D eigenvalue weighted by Gasteiger charge is 2.12. The summed E-state index contributed by atoms with van der Waals surface area (Å²) in [6, 6.07) is 16.0. The topological polar surface area (TPSA) is 18.5 Å². The van der Waals surface area contributed by atoms with Crippen LogP contribution in [-0.2, 0) is 12.8 Å². The molecule has 0 bridgehead atoms. The predicted octanol–water partition coefficient (Wildman–Crippen LogP) is 3.16. The Labute approximate surface area is 94.4 Å². The van der Waals surface area contributed by atoms with Crippen molar-refractivity contribution in [3.8, 4) is 11.5 Å². The van der Waals surface area contributed by atoms with Crippen molar-refractivity contribution in [2.24, 2.45) is 0 Å². The zero-order chi connectivity index (χ0) is 10.8. The number of hydrogen-bond acceptors (Lipinski definition) is 2. The first-order valence-electron chi connectivity index (χ1n) is 5.44. The first kappa shape index (κ1) is 9.28. The molecule has 3 rings (SSSR count). The molecule has 80 valence electrons. The molecular formula is C14H12O2. The molecule has 1 aliphatic heterocycles. The number of hydrogen-bond donors (Lipinski definition) is 0. The summed E-state index contributed by atoms with van der Waals surface area (Å²) in [5.74, 6) is 1.63. The van der Waals surface area contributed by atoms with Gasteiger partial charge in [0, 0.05) is 0 Å². The van der Waals surface area contributed by atoms with Gasteiger partial charge in [0.1, 0.15) is 0 Å². The zero-order valence-corrected chi connectivity index (χ0v) is 8.85. The summed E-state index contributed by atoms with van der Waals surface area (Å²) in [6.45, 7) is 0. The maximum absolute atomic E-state index is 5.35. The highest BCUT2D eigenvalue weighted by molar-refractivity contribution is 5.38. The molecule has 1 heterocycles. The first-order chi connectivity index (χ1) is 7.93. The summed E-state index contributed by atoms with van der Waals surface area (Å²) in [6.07, 6.45) is 1.97. The molecule has 0 unspecified atom stereocenters. The van der Waals surface area contributed by atoms with Crippen LogP contribution in [0.15, 0.2) is 48.5 Å². The van der Waals surface area contributed by atoms with E-state index in [1.54, 1.807) is 0 Å². The van der Waals surface area contributed by atoms with E-state index in [0.717, 1.165) is 24.3 Å². The predicted molar refractivity (Wildman–Crippen MR) is 61.5 cm³/mol. The van der Waals surface area contributed by atoms with Crippen molar-refractivity contribution in [3.63, 3.8) is 0 Å². The monoisotopic (exact) mass is 212 g/mol. The van der Waals surface area contributed by atoms with Crippen LogP contribution in [0.4, 0.5) is 0 Å². The van der Waals surface area contributed by atoms with Crippen LogP contribution >= 0.6 is 0 Å². The van der Waals surface area contributed by atoms with Crippen LogP contribution in [0.1, 0.15) is 11.1 Å². The lowest BCUT2D eigenvalue weighted by Gasteiger charge is -2.16. The third-order valence-corrected chi connectivity index (χ3v) is 2.83. The highest BCUT2D eigenvalue weighted by atomic mass is 17.2. The number of fused-ring (bicyclic) bond motifs is 2. The van der Waals surface area contributed by atoms with Crippen molar-refractivity contribution in [2.75, 3.05) is 0 Å². The van der Waals surface area contributed by atoms with Gasteiger partial charge >= 0.3 is 0 Å². The van der Waals surface area contributed by atoms with Gasteiger partial charge in [-0.25, -0.2) is 0 Å². The minimum absolute atomic E-state index is 0.817. The van der Waals surface area contributed by atoms with Crippen molar-refractivity contribution in [2.45, 2.75) is 12.8 Å². The number of benzene rings is 2. The van der Waals surface area contributed by atoms with E-state index in [1.807, 2.05) is 36.4 Å². The van der Waals surface area contributed by atoms with Crippen LogP contribution < -0.4 is 9.78 Å². The molecule has 0 spiro atoms. The molecule has 2 aromatic carbocycles. The average Bonchev–Trinajstić information content (AvgIpc) is 2.32. The van der Waals surface area contributed by atoms with E-state index in [9.17, 15) is 0 Å². The molecule has 1 aliphatic rings. The van der Waals surface area contributed by atoms with E-state index >= 15 is 0 Å². The highest BCUT2D eigenvalue weighted by Crippen LogP contribution is 2.27. The van der Waals surface area contributed by atoms with E-state index in [2.05, 4.69) is 12.1 Å². The fourth-order valence-corrected chi connectivity index (χ4v) is 1.94. The summed E-state index contributed by atoms with van der Waals surface area (Å²) in [5, 5.41) is 0. The molecule has 0 aliphatic carbocycles. The molecule has 0 atom stereocenters. The molecule has 2 aromatic rings. The van der Waals surface area contributed by atoms with Crippen LogP contribution in [-0.4, -0.2) is 0 Å². The van der Waals surface area contributed by atoms with Gasteiger partial charge in [0.05, 0.1) is 0 Å². The van der Waals surface area contributed by atoms with Gasteiger partial charge in [-0.2, -0.15) is 0 Å². The third-order valence-electron chi connectivity index (χ3n) is 2.83. The van der Waals surface area contributed by atoms with Crippen molar-refractivity contribution in [3.05, 3.63) is 59.7 Å². The van der Waals surface area contributed by atoms with Gasteiger partial charge in [-0.1, -0.05) is 36.4 Å². The molecule has 0 radical (unpaired) electrons. The van der Waals surface area contributed by atoms with E-state index in [4.69, 9.17) is 9.78 Å². The maximum atomic E-state index is 5.35. The van der Waals surface area contributed by atoms with Gasteiger partial charge in [0.15, 0.2) is 11.5 Å². The van der Waals surface area contributed by atoms with Gasteiger partial charge in [-0.05, 0) is 36.1 Å². The van der Waals surface area contributed by atoms with E-state index in [-0.39, 0.29) is 0 Å². The summed E-state index contributed by atoms with van der Waals surface area (Å²) in [7, 11) is 0. The van der Waals surface area contributed by atoms with Gasteiger partial charge < -0.3 is 0 Å². The van der Waals surface area contributed by atoms with Crippen molar-refractivity contribution in [1.29, 1.82) is 0 Å². The Bertz CT molecular complexity index is 412. The summed E-state index contributed by atoms with van der Waals surface area (Å²) in [4.78, 5) is 10.7. The summed E-state index contributed by atoms with van der Waals surface area (Å²) in [5.41, 5.74) is 2.38. The summed E-state index contributed by atoms with van der Waals surface area (Å²) >= 11 is 0. The van der Waals surface area contributed by atoms with E-state index in [0.29, 0.717) is 0 Å². The first-order valence-corrected chi connectivity index (χ1v) is 5.44. The van der Waals surface area contributed by atoms with Gasteiger partial charge in [-0.3, -0.25) is 9.78 Å². The number of aryl methyl sites for hydroxylation is 2. The maximum Gasteiger partial charge on any atom is 0.181 e. The Kier molecular flexibility index (Phi) is 2.26. The van der Waals surface area contributed by atoms with Crippen LogP contribution in [0.5, 0.6) is 11.5 Å². The molecule has 2 heteroatoms. The standard InChI is InChI=1S/C14H12O2/c1-3-7-13-11(5-1)9-10-12-6-2-4-8-14(12)16-15-13/h1-8H,9-10H2. The Balaban J connectivity index is 1.97.